The second-order valence-corrected chi connectivity index (χ2v) is 7.90. The Balaban J connectivity index is 1.83. The van der Waals surface area contributed by atoms with Gasteiger partial charge in [-0.15, -0.1) is 0 Å². The molecular formula is C26H36O2. The van der Waals surface area contributed by atoms with Crippen molar-refractivity contribution in [2.75, 3.05) is 6.61 Å². The summed E-state index contributed by atoms with van der Waals surface area (Å²) < 4.78 is 5.37. The summed E-state index contributed by atoms with van der Waals surface area (Å²) >= 11 is 0. The Hall–Kier alpha value is -2.09. The molecule has 0 amide bonds. The largest absolute Gasteiger partial charge is 0.462 e. The minimum atomic E-state index is -0.235. The van der Waals surface area contributed by atoms with Gasteiger partial charge in [-0.1, -0.05) is 95.7 Å². The first kappa shape index (κ1) is 22.2. The second-order valence-electron chi connectivity index (χ2n) is 7.90. The molecule has 28 heavy (non-hydrogen) atoms. The Labute approximate surface area is 171 Å². The molecule has 0 radical (unpaired) electrons. The van der Waals surface area contributed by atoms with E-state index >= 15 is 0 Å². The van der Waals surface area contributed by atoms with E-state index in [1.165, 1.54) is 49.7 Å². The lowest BCUT2D eigenvalue weighted by molar-refractivity contribution is 0.0447. The Bertz CT molecular complexity index is 685. The molecule has 2 heteroatoms. The van der Waals surface area contributed by atoms with Crippen molar-refractivity contribution in [2.24, 2.45) is 5.92 Å². The molecule has 0 fully saturated rings. The van der Waals surface area contributed by atoms with E-state index in [1.807, 2.05) is 24.3 Å². The lowest BCUT2D eigenvalue weighted by atomic mass is 10.00. The predicted molar refractivity (Wildman–Crippen MR) is 119 cm³/mol. The SMILES string of the molecule is CCCCCCCCc1ccc(-c2ccc(C(=O)OC[C@@H](C)CC)cc2)cc1. The summed E-state index contributed by atoms with van der Waals surface area (Å²) in [4.78, 5) is 12.1. The molecule has 0 saturated carbocycles. The molecule has 0 unspecified atom stereocenters. The fourth-order valence-electron chi connectivity index (χ4n) is 3.19. The number of benzene rings is 2. The van der Waals surface area contributed by atoms with E-state index in [0.717, 1.165) is 18.4 Å². The first-order chi connectivity index (χ1) is 13.6. The van der Waals surface area contributed by atoms with Crippen molar-refractivity contribution in [1.82, 2.24) is 0 Å². The molecular weight excluding hydrogens is 344 g/mol. The van der Waals surface area contributed by atoms with Gasteiger partial charge in [-0.05, 0) is 47.6 Å². The van der Waals surface area contributed by atoms with E-state index in [2.05, 4.69) is 45.0 Å². The number of rotatable bonds is 12. The normalized spacial score (nSPS) is 12.0. The third kappa shape index (κ3) is 7.50. The van der Waals surface area contributed by atoms with Gasteiger partial charge in [-0.25, -0.2) is 4.79 Å². The monoisotopic (exact) mass is 380 g/mol. The van der Waals surface area contributed by atoms with Crippen LogP contribution in [0, 0.1) is 5.92 Å². The van der Waals surface area contributed by atoms with E-state index in [0.29, 0.717) is 18.1 Å². The van der Waals surface area contributed by atoms with Crippen LogP contribution in [0.2, 0.25) is 0 Å². The summed E-state index contributed by atoms with van der Waals surface area (Å²) in [5.74, 6) is 0.166. The highest BCUT2D eigenvalue weighted by Gasteiger charge is 2.09. The summed E-state index contributed by atoms with van der Waals surface area (Å²) in [5.41, 5.74) is 4.34. The molecule has 2 aromatic rings. The number of carbonyl (C=O) groups excluding carboxylic acids is 1. The highest BCUT2D eigenvalue weighted by molar-refractivity contribution is 5.90. The fraction of sp³-hybridized carbons (Fsp3) is 0.500. The van der Waals surface area contributed by atoms with E-state index in [1.54, 1.807) is 0 Å². The quantitative estimate of drug-likeness (QED) is 0.282. The van der Waals surface area contributed by atoms with Crippen LogP contribution in [0.15, 0.2) is 48.5 Å². The number of aryl methyl sites for hydroxylation is 1. The molecule has 0 spiro atoms. The lowest BCUT2D eigenvalue weighted by Gasteiger charge is -2.10. The maximum atomic E-state index is 12.1. The second kappa shape index (κ2) is 12.4. The molecule has 0 heterocycles. The van der Waals surface area contributed by atoms with E-state index < -0.39 is 0 Å². The van der Waals surface area contributed by atoms with Gasteiger partial charge < -0.3 is 4.74 Å². The Morgan fingerprint density at radius 2 is 1.39 bits per heavy atom. The van der Waals surface area contributed by atoms with E-state index in [4.69, 9.17) is 4.74 Å². The molecule has 0 aliphatic heterocycles. The maximum Gasteiger partial charge on any atom is 0.338 e. The zero-order valence-electron chi connectivity index (χ0n) is 17.9. The summed E-state index contributed by atoms with van der Waals surface area (Å²) in [6.45, 7) is 6.94. The van der Waals surface area contributed by atoms with Crippen LogP contribution in [0.5, 0.6) is 0 Å². The van der Waals surface area contributed by atoms with Gasteiger partial charge in [-0.2, -0.15) is 0 Å². The zero-order valence-corrected chi connectivity index (χ0v) is 17.9. The average Bonchev–Trinajstić information content (AvgIpc) is 2.74. The smallest absolute Gasteiger partial charge is 0.338 e. The minimum absolute atomic E-state index is 0.235. The summed E-state index contributed by atoms with van der Waals surface area (Å²) in [5, 5.41) is 0. The number of esters is 1. The third-order valence-corrected chi connectivity index (χ3v) is 5.42. The molecule has 2 nitrogen and oxygen atoms in total. The van der Waals surface area contributed by atoms with Crippen LogP contribution >= 0.6 is 0 Å². The lowest BCUT2D eigenvalue weighted by Crippen LogP contribution is -2.11. The molecule has 0 aromatic heterocycles. The van der Waals surface area contributed by atoms with Gasteiger partial charge in [-0.3, -0.25) is 0 Å². The fourth-order valence-corrected chi connectivity index (χ4v) is 3.19. The van der Waals surface area contributed by atoms with E-state index in [-0.39, 0.29) is 5.97 Å². The van der Waals surface area contributed by atoms with Crippen LogP contribution < -0.4 is 0 Å². The molecule has 1 atom stereocenters. The molecule has 0 bridgehead atoms. The standard InChI is InChI=1S/C26H36O2/c1-4-6-7-8-9-10-11-22-12-14-23(15-13-22)24-16-18-25(19-17-24)26(27)28-20-21(3)5-2/h12-19,21H,4-11,20H2,1-3H3/t21-/m0/s1. The molecule has 0 saturated heterocycles. The van der Waals surface area contributed by atoms with Gasteiger partial charge in [0.25, 0.3) is 0 Å². The number of carbonyl (C=O) groups is 1. The zero-order chi connectivity index (χ0) is 20.2. The van der Waals surface area contributed by atoms with Crippen LogP contribution in [0.1, 0.15) is 81.6 Å². The van der Waals surface area contributed by atoms with Crippen molar-refractivity contribution in [2.45, 2.75) is 72.1 Å². The maximum absolute atomic E-state index is 12.1. The Kier molecular flexibility index (Phi) is 9.82. The van der Waals surface area contributed by atoms with Crippen LogP contribution in [0.25, 0.3) is 11.1 Å². The van der Waals surface area contributed by atoms with Gasteiger partial charge in [0.05, 0.1) is 12.2 Å². The van der Waals surface area contributed by atoms with Crippen LogP contribution in [0.3, 0.4) is 0 Å². The van der Waals surface area contributed by atoms with Gasteiger partial charge in [0, 0.05) is 0 Å². The molecule has 0 N–H and O–H groups in total. The van der Waals surface area contributed by atoms with Gasteiger partial charge in [0.2, 0.25) is 0 Å². The van der Waals surface area contributed by atoms with Gasteiger partial charge in [0.1, 0.15) is 0 Å². The first-order valence-corrected chi connectivity index (χ1v) is 11.0. The highest BCUT2D eigenvalue weighted by atomic mass is 16.5. The Morgan fingerprint density at radius 3 is 2.00 bits per heavy atom. The highest BCUT2D eigenvalue weighted by Crippen LogP contribution is 2.21. The van der Waals surface area contributed by atoms with E-state index in [9.17, 15) is 4.79 Å². The van der Waals surface area contributed by atoms with Crippen LogP contribution in [0.4, 0.5) is 0 Å². The van der Waals surface area contributed by atoms with Crippen molar-refractivity contribution >= 4 is 5.97 Å². The van der Waals surface area contributed by atoms with Gasteiger partial charge in [0.15, 0.2) is 0 Å². The van der Waals surface area contributed by atoms with Gasteiger partial charge >= 0.3 is 5.97 Å². The molecule has 152 valence electrons. The topological polar surface area (TPSA) is 26.3 Å². The number of hydrogen-bond donors (Lipinski definition) is 0. The van der Waals surface area contributed by atoms with Crippen molar-refractivity contribution in [1.29, 1.82) is 0 Å². The van der Waals surface area contributed by atoms with Crippen LogP contribution in [-0.4, -0.2) is 12.6 Å². The summed E-state index contributed by atoms with van der Waals surface area (Å²) in [6.07, 6.45) is 10.2. The first-order valence-electron chi connectivity index (χ1n) is 11.0. The van der Waals surface area contributed by atoms with Crippen molar-refractivity contribution in [3.05, 3.63) is 59.7 Å². The summed E-state index contributed by atoms with van der Waals surface area (Å²) in [7, 11) is 0. The van der Waals surface area contributed by atoms with Crippen molar-refractivity contribution < 1.29 is 9.53 Å². The average molecular weight is 381 g/mol. The predicted octanol–water partition coefficient (Wildman–Crippen LogP) is 7.46. The van der Waals surface area contributed by atoms with Crippen molar-refractivity contribution in [3.8, 4) is 11.1 Å². The molecule has 0 aliphatic carbocycles. The number of hydrogen-bond acceptors (Lipinski definition) is 2. The summed E-state index contributed by atoms with van der Waals surface area (Å²) in [6, 6.07) is 16.6. The minimum Gasteiger partial charge on any atom is -0.462 e. The molecule has 2 rings (SSSR count). The Morgan fingerprint density at radius 1 is 0.821 bits per heavy atom. The van der Waals surface area contributed by atoms with Crippen LogP contribution in [-0.2, 0) is 11.2 Å². The van der Waals surface area contributed by atoms with Crippen molar-refractivity contribution in [3.63, 3.8) is 0 Å². The third-order valence-electron chi connectivity index (χ3n) is 5.42. The molecule has 2 aromatic carbocycles. The number of unbranched alkanes of at least 4 members (excludes halogenated alkanes) is 5. The number of ether oxygens (including phenoxy) is 1. The molecule has 0 aliphatic rings.